The molecular weight excluding hydrogens is 803 g/mol. The number of carbonyl (C=O) groups is 2. The summed E-state index contributed by atoms with van der Waals surface area (Å²) < 4.78 is 41.7. The van der Waals surface area contributed by atoms with E-state index in [1.54, 1.807) is 142 Å². The molecule has 0 spiro atoms. The van der Waals surface area contributed by atoms with Crippen LogP contribution in [-0.2, 0) is 26.1 Å². The van der Waals surface area contributed by atoms with E-state index >= 15 is 0 Å². The average molecular weight is 852 g/mol. The fraction of sp³-hybridized carbons (Fsp3) is 0.174. The summed E-state index contributed by atoms with van der Waals surface area (Å²) in [4.78, 5) is 24.1. The Hall–Kier alpha value is -6.85. The van der Waals surface area contributed by atoms with Crippen molar-refractivity contribution in [3.05, 3.63) is 143 Å². The summed E-state index contributed by atoms with van der Waals surface area (Å²) in [6.45, 7) is 0. The van der Waals surface area contributed by atoms with E-state index in [0.29, 0.717) is 46.0 Å². The molecule has 314 valence electrons. The van der Waals surface area contributed by atoms with Crippen molar-refractivity contribution in [3.8, 4) is 46.0 Å². The molecule has 0 saturated heterocycles. The maximum atomic E-state index is 12.1. The second-order valence-electron chi connectivity index (χ2n) is 11.7. The number of ether oxygens (including phenoxy) is 8. The number of methoxy groups -OCH3 is 8. The van der Waals surface area contributed by atoms with Crippen molar-refractivity contribution < 1.29 is 74.2 Å². The van der Waals surface area contributed by atoms with E-state index in [1.807, 2.05) is 12.1 Å². The van der Waals surface area contributed by atoms with Crippen molar-refractivity contribution in [2.75, 3.05) is 56.9 Å². The second-order valence-corrected chi connectivity index (χ2v) is 11.7. The Morgan fingerprint density at radius 2 is 0.593 bits per heavy atom. The quantitative estimate of drug-likeness (QED) is 0.0426. The van der Waals surface area contributed by atoms with Crippen LogP contribution in [0.4, 0.5) is 0 Å². The number of allylic oxidation sites excluding steroid dienone is 6. The normalized spacial score (nSPS) is 11.5. The predicted octanol–water partition coefficient (Wildman–Crippen LogP) is 8.91. The first kappa shape index (κ1) is 48.3. The predicted molar refractivity (Wildman–Crippen MR) is 226 cm³/mol. The fourth-order valence-corrected chi connectivity index (χ4v) is 5.03. The number of hydrogen-bond donors (Lipinski definition) is 2. The molecule has 12 nitrogen and oxygen atoms in total. The molecule has 0 aliphatic carbocycles. The summed E-state index contributed by atoms with van der Waals surface area (Å²) >= 11 is 0. The summed E-state index contributed by atoms with van der Waals surface area (Å²) in [6.07, 6.45) is 14.5. The van der Waals surface area contributed by atoms with Crippen LogP contribution < -0.4 is 37.9 Å². The van der Waals surface area contributed by atoms with E-state index in [0.717, 1.165) is 34.4 Å². The molecule has 2 N–H and O–H groups in total. The second kappa shape index (κ2) is 25.4. The molecule has 0 saturated carbocycles. The van der Waals surface area contributed by atoms with Gasteiger partial charge in [-0.15, -0.1) is 0 Å². The number of rotatable bonds is 18. The van der Waals surface area contributed by atoms with Crippen LogP contribution in [0.1, 0.15) is 22.3 Å². The van der Waals surface area contributed by atoms with Crippen LogP contribution in [0.15, 0.2) is 121 Å². The number of aliphatic hydroxyl groups is 2. The molecule has 4 rings (SSSR count). The van der Waals surface area contributed by atoms with E-state index < -0.39 is 0 Å². The number of hydrogen-bond acceptors (Lipinski definition) is 12. The van der Waals surface area contributed by atoms with E-state index in [-0.39, 0.29) is 39.6 Å². The summed E-state index contributed by atoms with van der Waals surface area (Å²) in [5, 5.41) is 20.0. The number of aliphatic hydroxyl groups excluding tert-OH is 2. The van der Waals surface area contributed by atoms with E-state index in [9.17, 15) is 19.8 Å². The Balaban J connectivity index is 0.000000400. The Kier molecular flexibility index (Phi) is 20.8. The monoisotopic (exact) mass is 850 g/mol. The van der Waals surface area contributed by atoms with Crippen LogP contribution in [0, 0.1) is 0 Å². The Morgan fingerprint density at radius 1 is 0.373 bits per heavy atom. The van der Waals surface area contributed by atoms with Gasteiger partial charge in [0.2, 0.25) is 0 Å². The molecule has 0 amide bonds. The van der Waals surface area contributed by atoms with Gasteiger partial charge in [-0.1, -0.05) is 48.6 Å². The van der Waals surface area contributed by atoms with Gasteiger partial charge in [0.1, 0.15) is 11.5 Å². The van der Waals surface area contributed by atoms with Gasteiger partial charge in [0.15, 0.2) is 57.6 Å². The standard InChI is InChI=1S/2C23H24O6.Ni/c2*1-26-20-11-7-16(13-22(20)28-3)5-9-18(24)15-19(25)10-6-17-8-12-21(27-2)23(14-17)29-4;/h2*5-15,24H,1-4H3;/b2*9-5+,10-6+,18-15-;. The van der Waals surface area contributed by atoms with Crippen LogP contribution >= 0.6 is 0 Å². The molecule has 0 heterocycles. The van der Waals surface area contributed by atoms with Gasteiger partial charge in [0.25, 0.3) is 0 Å². The van der Waals surface area contributed by atoms with Gasteiger partial charge < -0.3 is 48.1 Å². The minimum atomic E-state index is -0.353. The molecule has 0 aromatic heterocycles. The third-order valence-electron chi connectivity index (χ3n) is 7.98. The van der Waals surface area contributed by atoms with Gasteiger partial charge in [-0.05, 0) is 95.1 Å². The molecule has 0 unspecified atom stereocenters. The molecular formula is C46H48NiO12. The van der Waals surface area contributed by atoms with Crippen molar-refractivity contribution in [2.45, 2.75) is 0 Å². The zero-order chi connectivity index (χ0) is 42.5. The number of benzene rings is 4. The maximum Gasteiger partial charge on any atom is 0.182 e. The molecule has 0 aliphatic rings. The van der Waals surface area contributed by atoms with Crippen LogP contribution in [0.5, 0.6) is 46.0 Å². The fourth-order valence-electron chi connectivity index (χ4n) is 5.03. The average Bonchev–Trinajstić information content (AvgIpc) is 3.25. The third-order valence-corrected chi connectivity index (χ3v) is 7.98. The maximum absolute atomic E-state index is 12.1. The van der Waals surface area contributed by atoms with Gasteiger partial charge in [0.05, 0.1) is 56.9 Å². The largest absolute Gasteiger partial charge is 0.508 e. The molecule has 13 heteroatoms. The zero-order valence-electron chi connectivity index (χ0n) is 34.0. The van der Waals surface area contributed by atoms with Gasteiger partial charge in [0, 0.05) is 28.6 Å². The topological polar surface area (TPSA) is 148 Å². The Labute approximate surface area is 354 Å². The van der Waals surface area contributed by atoms with E-state index in [4.69, 9.17) is 37.9 Å². The van der Waals surface area contributed by atoms with Crippen LogP contribution in [0.2, 0.25) is 0 Å². The SMILES string of the molecule is COc1ccc(/C=C/C(=O)/C=C(O)/C=C/c2ccc(OC)c(OC)c2)cc1OC.COc1ccc(/C=C/C(=O)/C=C(O)/C=C/c2ccc(OC)c(OC)c2)cc1OC.[Ni]. The van der Waals surface area contributed by atoms with Crippen LogP contribution in [0.3, 0.4) is 0 Å². The van der Waals surface area contributed by atoms with E-state index in [2.05, 4.69) is 0 Å². The summed E-state index contributed by atoms with van der Waals surface area (Å²) in [5.41, 5.74) is 3.11. The molecule has 0 aliphatic heterocycles. The van der Waals surface area contributed by atoms with Crippen molar-refractivity contribution in [1.82, 2.24) is 0 Å². The molecule has 0 fully saturated rings. The minimum Gasteiger partial charge on any atom is -0.508 e. The first-order valence-electron chi connectivity index (χ1n) is 17.5. The summed E-state index contributed by atoms with van der Waals surface area (Å²) in [7, 11) is 12.4. The summed E-state index contributed by atoms with van der Waals surface area (Å²) in [6, 6.07) is 21.3. The molecule has 4 aromatic rings. The van der Waals surface area contributed by atoms with Gasteiger partial charge in [-0.25, -0.2) is 0 Å². The minimum absolute atomic E-state index is 0. The Morgan fingerprint density at radius 3 is 0.814 bits per heavy atom. The van der Waals surface area contributed by atoms with Gasteiger partial charge in [-0.2, -0.15) is 0 Å². The Bertz CT molecular complexity index is 2040. The third kappa shape index (κ3) is 15.5. The molecule has 59 heavy (non-hydrogen) atoms. The van der Waals surface area contributed by atoms with Crippen molar-refractivity contribution >= 4 is 35.9 Å². The summed E-state index contributed by atoms with van der Waals surface area (Å²) in [5.74, 6) is 3.69. The van der Waals surface area contributed by atoms with Crippen molar-refractivity contribution in [3.63, 3.8) is 0 Å². The number of ketones is 2. The van der Waals surface area contributed by atoms with Crippen LogP contribution in [0.25, 0.3) is 24.3 Å². The smallest absolute Gasteiger partial charge is 0.182 e. The molecule has 0 radical (unpaired) electrons. The first-order valence-corrected chi connectivity index (χ1v) is 17.5. The molecule has 4 aromatic carbocycles. The zero-order valence-corrected chi connectivity index (χ0v) is 35.0. The first-order chi connectivity index (χ1) is 28.0. The van der Waals surface area contributed by atoms with Gasteiger partial charge >= 0.3 is 0 Å². The van der Waals surface area contributed by atoms with Crippen LogP contribution in [-0.4, -0.2) is 78.7 Å². The number of carbonyl (C=O) groups excluding carboxylic acids is 2. The van der Waals surface area contributed by atoms with Crippen molar-refractivity contribution in [1.29, 1.82) is 0 Å². The molecule has 0 atom stereocenters. The van der Waals surface area contributed by atoms with Crippen molar-refractivity contribution in [2.24, 2.45) is 0 Å². The van der Waals surface area contributed by atoms with E-state index in [1.165, 1.54) is 24.3 Å². The molecule has 0 bridgehead atoms. The van der Waals surface area contributed by atoms with Gasteiger partial charge in [-0.3, -0.25) is 9.59 Å².